The molecule has 4 aromatic rings. The van der Waals surface area contributed by atoms with Gasteiger partial charge in [0.25, 0.3) is 5.56 Å². The van der Waals surface area contributed by atoms with Crippen LogP contribution in [0.25, 0.3) is 10.2 Å². The standard InChI is InChI=1S/C21H17BrN2O2S2/c1-26-17-7-5-14(6-8-17)12-24-20(25)19-18(9-10-27-19)23-21(24)28-13-15-3-2-4-16(22)11-15/h2-11H,12-13H2,1H3. The average Bonchev–Trinajstić information content (AvgIpc) is 3.18. The molecule has 4 rings (SSSR count). The number of thiophene rings is 1. The summed E-state index contributed by atoms with van der Waals surface area (Å²) in [6.07, 6.45) is 0. The molecule has 0 fully saturated rings. The predicted octanol–water partition coefficient (Wildman–Crippen LogP) is 5.57. The van der Waals surface area contributed by atoms with Gasteiger partial charge in [-0.1, -0.05) is 52.0 Å². The normalized spacial score (nSPS) is 11.1. The van der Waals surface area contributed by atoms with Crippen molar-refractivity contribution in [1.29, 1.82) is 0 Å². The molecular weight excluding hydrogens is 456 g/mol. The summed E-state index contributed by atoms with van der Waals surface area (Å²) in [7, 11) is 1.64. The van der Waals surface area contributed by atoms with Crippen molar-refractivity contribution in [2.45, 2.75) is 17.5 Å². The van der Waals surface area contributed by atoms with Gasteiger partial charge in [0.1, 0.15) is 10.4 Å². The van der Waals surface area contributed by atoms with Crippen molar-refractivity contribution in [3.63, 3.8) is 0 Å². The van der Waals surface area contributed by atoms with Crippen molar-refractivity contribution in [2.24, 2.45) is 0 Å². The van der Waals surface area contributed by atoms with Gasteiger partial charge in [0.15, 0.2) is 5.16 Å². The first-order chi connectivity index (χ1) is 13.6. The molecular formula is C21H17BrN2O2S2. The van der Waals surface area contributed by atoms with E-state index in [2.05, 4.69) is 28.1 Å². The van der Waals surface area contributed by atoms with E-state index in [-0.39, 0.29) is 5.56 Å². The van der Waals surface area contributed by atoms with Gasteiger partial charge in [-0.15, -0.1) is 11.3 Å². The van der Waals surface area contributed by atoms with E-state index in [1.165, 1.54) is 16.9 Å². The molecule has 2 aromatic carbocycles. The third-order valence-electron chi connectivity index (χ3n) is 4.29. The van der Waals surface area contributed by atoms with Gasteiger partial charge < -0.3 is 4.74 Å². The Balaban J connectivity index is 1.69. The van der Waals surface area contributed by atoms with Crippen LogP contribution in [0.2, 0.25) is 0 Å². The second-order valence-electron chi connectivity index (χ2n) is 6.19. The summed E-state index contributed by atoms with van der Waals surface area (Å²) in [5, 5.41) is 2.64. The molecule has 0 aliphatic heterocycles. The van der Waals surface area contributed by atoms with Gasteiger partial charge in [-0.25, -0.2) is 4.98 Å². The third kappa shape index (κ3) is 4.16. The minimum Gasteiger partial charge on any atom is -0.497 e. The zero-order chi connectivity index (χ0) is 19.5. The SMILES string of the molecule is COc1ccc(Cn2c(SCc3cccc(Br)c3)nc3ccsc3c2=O)cc1. The Labute approximate surface area is 179 Å². The minimum absolute atomic E-state index is 0.00700. The number of ether oxygens (including phenoxy) is 1. The van der Waals surface area contributed by atoms with Crippen molar-refractivity contribution in [2.75, 3.05) is 7.11 Å². The number of rotatable bonds is 6. The monoisotopic (exact) mass is 472 g/mol. The summed E-state index contributed by atoms with van der Waals surface area (Å²) < 4.78 is 8.73. The largest absolute Gasteiger partial charge is 0.497 e. The maximum absolute atomic E-state index is 13.1. The number of thioether (sulfide) groups is 1. The Morgan fingerprint density at radius 3 is 2.71 bits per heavy atom. The number of fused-ring (bicyclic) bond motifs is 1. The van der Waals surface area contributed by atoms with Crippen LogP contribution in [-0.4, -0.2) is 16.7 Å². The summed E-state index contributed by atoms with van der Waals surface area (Å²) in [4.78, 5) is 17.9. The van der Waals surface area contributed by atoms with Crippen molar-refractivity contribution >= 4 is 49.2 Å². The highest BCUT2D eigenvalue weighted by Gasteiger charge is 2.13. The summed E-state index contributed by atoms with van der Waals surface area (Å²) in [5.41, 5.74) is 2.98. The van der Waals surface area contributed by atoms with Gasteiger partial charge in [0, 0.05) is 10.2 Å². The third-order valence-corrected chi connectivity index (χ3v) is 6.72. The Hall–Kier alpha value is -2.09. The number of benzene rings is 2. The summed E-state index contributed by atoms with van der Waals surface area (Å²) in [6.45, 7) is 0.477. The number of hydrogen-bond donors (Lipinski definition) is 0. The molecule has 0 aliphatic carbocycles. The molecule has 0 radical (unpaired) electrons. The molecule has 0 unspecified atom stereocenters. The lowest BCUT2D eigenvalue weighted by Gasteiger charge is -2.12. The fourth-order valence-electron chi connectivity index (χ4n) is 2.86. The van der Waals surface area contributed by atoms with E-state index >= 15 is 0 Å². The average molecular weight is 473 g/mol. The van der Waals surface area contributed by atoms with Gasteiger partial charge in [0.2, 0.25) is 0 Å². The second-order valence-corrected chi connectivity index (χ2v) is 8.96. The molecule has 0 saturated carbocycles. The molecule has 0 atom stereocenters. The molecule has 0 N–H and O–H groups in total. The van der Waals surface area contributed by atoms with Gasteiger partial charge in [0.05, 0.1) is 19.2 Å². The lowest BCUT2D eigenvalue weighted by molar-refractivity contribution is 0.414. The van der Waals surface area contributed by atoms with Gasteiger partial charge in [-0.3, -0.25) is 9.36 Å². The Bertz CT molecular complexity index is 1170. The van der Waals surface area contributed by atoms with Gasteiger partial charge in [-0.05, 0) is 46.8 Å². The molecule has 142 valence electrons. The number of nitrogens with zero attached hydrogens (tertiary/aromatic N) is 2. The smallest absolute Gasteiger partial charge is 0.272 e. The fraction of sp³-hybridized carbons (Fsp3) is 0.143. The molecule has 2 aromatic heterocycles. The van der Waals surface area contributed by atoms with Crippen LogP contribution in [0.1, 0.15) is 11.1 Å². The maximum Gasteiger partial charge on any atom is 0.272 e. The van der Waals surface area contributed by atoms with Gasteiger partial charge >= 0.3 is 0 Å². The first kappa shape index (κ1) is 19.2. The highest BCUT2D eigenvalue weighted by atomic mass is 79.9. The molecule has 0 spiro atoms. The van der Waals surface area contributed by atoms with Crippen LogP contribution in [0.5, 0.6) is 5.75 Å². The highest BCUT2D eigenvalue weighted by molar-refractivity contribution is 9.10. The van der Waals surface area contributed by atoms with Crippen LogP contribution < -0.4 is 10.3 Å². The van der Waals surface area contributed by atoms with Crippen molar-refractivity contribution in [3.8, 4) is 5.75 Å². The van der Waals surface area contributed by atoms with E-state index in [1.54, 1.807) is 23.4 Å². The first-order valence-corrected chi connectivity index (χ1v) is 11.3. The van der Waals surface area contributed by atoms with Crippen LogP contribution in [0.3, 0.4) is 0 Å². The topological polar surface area (TPSA) is 44.1 Å². The van der Waals surface area contributed by atoms with E-state index in [9.17, 15) is 4.79 Å². The van der Waals surface area contributed by atoms with E-state index in [0.717, 1.165) is 32.2 Å². The molecule has 28 heavy (non-hydrogen) atoms. The summed E-state index contributed by atoms with van der Waals surface area (Å²) in [6, 6.07) is 17.9. The van der Waals surface area contributed by atoms with Crippen LogP contribution >= 0.6 is 39.0 Å². The molecule has 0 saturated heterocycles. The van der Waals surface area contributed by atoms with Crippen LogP contribution in [0.4, 0.5) is 0 Å². The van der Waals surface area contributed by atoms with Crippen LogP contribution in [0, 0.1) is 0 Å². The molecule has 0 aliphatic rings. The number of aromatic nitrogens is 2. The fourth-order valence-corrected chi connectivity index (χ4v) is 5.03. The molecule has 7 heteroatoms. The second kappa shape index (κ2) is 8.51. The van der Waals surface area contributed by atoms with Crippen molar-refractivity contribution < 1.29 is 4.74 Å². The van der Waals surface area contributed by atoms with E-state index < -0.39 is 0 Å². The molecule has 4 nitrogen and oxygen atoms in total. The van der Waals surface area contributed by atoms with Gasteiger partial charge in [-0.2, -0.15) is 0 Å². The van der Waals surface area contributed by atoms with Crippen LogP contribution in [0.15, 0.2) is 74.4 Å². The molecule has 2 heterocycles. The van der Waals surface area contributed by atoms with Crippen molar-refractivity contribution in [1.82, 2.24) is 9.55 Å². The first-order valence-electron chi connectivity index (χ1n) is 8.62. The highest BCUT2D eigenvalue weighted by Crippen LogP contribution is 2.26. The summed E-state index contributed by atoms with van der Waals surface area (Å²) >= 11 is 6.53. The minimum atomic E-state index is 0.00700. The Morgan fingerprint density at radius 2 is 1.96 bits per heavy atom. The lowest BCUT2D eigenvalue weighted by Crippen LogP contribution is -2.23. The maximum atomic E-state index is 13.1. The molecule has 0 amide bonds. The van der Waals surface area contributed by atoms with E-state index in [1.807, 2.05) is 47.8 Å². The zero-order valence-corrected chi connectivity index (χ0v) is 18.3. The zero-order valence-electron chi connectivity index (χ0n) is 15.1. The lowest BCUT2D eigenvalue weighted by atomic mass is 10.2. The van der Waals surface area contributed by atoms with E-state index in [4.69, 9.17) is 9.72 Å². The number of methoxy groups -OCH3 is 1. The quantitative estimate of drug-likeness (QED) is 0.271. The Kier molecular flexibility index (Phi) is 5.85. The van der Waals surface area contributed by atoms with E-state index in [0.29, 0.717) is 11.2 Å². The van der Waals surface area contributed by atoms with Crippen molar-refractivity contribution in [3.05, 3.63) is 85.9 Å². The number of hydrogen-bond acceptors (Lipinski definition) is 5. The van der Waals surface area contributed by atoms with Crippen LogP contribution in [-0.2, 0) is 12.3 Å². The number of halogens is 1. The summed E-state index contributed by atoms with van der Waals surface area (Å²) in [5.74, 6) is 1.54. The Morgan fingerprint density at radius 1 is 1.14 bits per heavy atom. The predicted molar refractivity (Wildman–Crippen MR) is 120 cm³/mol. The molecule has 0 bridgehead atoms.